The first-order chi connectivity index (χ1) is 12.0. The normalized spacial score (nSPS) is 13.4. The van der Waals surface area contributed by atoms with Crippen LogP contribution in [0.5, 0.6) is 0 Å². The van der Waals surface area contributed by atoms with Gasteiger partial charge in [0.15, 0.2) is 0 Å². The average Bonchev–Trinajstić information content (AvgIpc) is 3.02. The maximum absolute atomic E-state index is 12.8. The Balaban J connectivity index is 2.15. The van der Waals surface area contributed by atoms with Gasteiger partial charge in [-0.2, -0.15) is 13.2 Å². The van der Waals surface area contributed by atoms with Gasteiger partial charge in [0.1, 0.15) is 4.21 Å². The van der Waals surface area contributed by atoms with E-state index in [1.165, 1.54) is 32.0 Å². The number of halogens is 3. The van der Waals surface area contributed by atoms with Crippen molar-refractivity contribution in [3.8, 4) is 0 Å². The van der Waals surface area contributed by atoms with E-state index in [0.29, 0.717) is 4.88 Å². The molecule has 0 aliphatic heterocycles. The summed E-state index contributed by atoms with van der Waals surface area (Å²) >= 11 is 0.981. The number of sulfonamides is 1. The molecule has 1 aromatic heterocycles. The van der Waals surface area contributed by atoms with Gasteiger partial charge in [0, 0.05) is 17.8 Å². The van der Waals surface area contributed by atoms with Crippen molar-refractivity contribution in [2.45, 2.75) is 36.8 Å². The number of alkyl halides is 3. The predicted octanol–water partition coefficient (Wildman–Crippen LogP) is 3.44. The highest BCUT2D eigenvalue weighted by Gasteiger charge is 2.31. The molecule has 5 nitrogen and oxygen atoms in total. The van der Waals surface area contributed by atoms with Gasteiger partial charge in [-0.3, -0.25) is 4.79 Å². The van der Waals surface area contributed by atoms with E-state index in [0.717, 1.165) is 23.5 Å². The molecule has 0 aliphatic rings. The molecule has 2 rings (SSSR count). The number of nitrogens with one attached hydrogen (secondary N) is 2. The number of rotatable bonds is 6. The van der Waals surface area contributed by atoms with E-state index in [1.54, 1.807) is 6.07 Å². The van der Waals surface area contributed by atoms with Crippen molar-refractivity contribution in [2.24, 2.45) is 0 Å². The standard InChI is InChI=1S/C16H17F3N2O3S2/c1-10(12-4-3-5-13(8-12)16(17,18)19)21-26(23,24)15-7-6-14(25-15)9-20-11(2)22/h3-8,10,21H,9H2,1-2H3,(H,20,22). The fourth-order valence-corrected chi connectivity index (χ4v) is 4.70. The van der Waals surface area contributed by atoms with Crippen LogP contribution < -0.4 is 10.0 Å². The summed E-state index contributed by atoms with van der Waals surface area (Å²) in [5, 5.41) is 2.56. The molecule has 1 aromatic carbocycles. The Bertz CT molecular complexity index is 892. The molecule has 0 saturated carbocycles. The van der Waals surface area contributed by atoms with Crippen LogP contribution in [0.15, 0.2) is 40.6 Å². The fourth-order valence-electron chi connectivity index (χ4n) is 2.15. The van der Waals surface area contributed by atoms with Crippen molar-refractivity contribution in [3.05, 3.63) is 52.4 Å². The second-order valence-corrected chi connectivity index (χ2v) is 8.71. The van der Waals surface area contributed by atoms with E-state index in [9.17, 15) is 26.4 Å². The molecule has 0 radical (unpaired) electrons. The molecule has 1 heterocycles. The topological polar surface area (TPSA) is 75.3 Å². The lowest BCUT2D eigenvalue weighted by atomic mass is 10.1. The summed E-state index contributed by atoms with van der Waals surface area (Å²) < 4.78 is 65.7. The molecule has 0 bridgehead atoms. The molecular weight excluding hydrogens is 389 g/mol. The summed E-state index contributed by atoms with van der Waals surface area (Å²) in [6.45, 7) is 3.03. The number of carbonyl (C=O) groups is 1. The molecule has 0 saturated heterocycles. The van der Waals surface area contributed by atoms with Crippen molar-refractivity contribution < 1.29 is 26.4 Å². The molecule has 142 valence electrons. The third kappa shape index (κ3) is 5.29. The molecule has 1 amide bonds. The van der Waals surface area contributed by atoms with Crippen LogP contribution in [0.2, 0.25) is 0 Å². The SMILES string of the molecule is CC(=O)NCc1ccc(S(=O)(=O)NC(C)c2cccc(C(F)(F)F)c2)s1. The van der Waals surface area contributed by atoms with Crippen LogP contribution in [0.25, 0.3) is 0 Å². The third-order valence-electron chi connectivity index (χ3n) is 3.46. The summed E-state index contributed by atoms with van der Waals surface area (Å²) in [5.74, 6) is -0.237. The monoisotopic (exact) mass is 406 g/mol. The fraction of sp³-hybridized carbons (Fsp3) is 0.312. The van der Waals surface area contributed by atoms with Crippen LogP contribution in [-0.2, 0) is 27.5 Å². The second kappa shape index (κ2) is 7.77. The van der Waals surface area contributed by atoms with E-state index in [-0.39, 0.29) is 22.2 Å². The zero-order valence-electron chi connectivity index (χ0n) is 13.9. The van der Waals surface area contributed by atoms with Gasteiger partial charge in [0.05, 0.1) is 12.1 Å². The van der Waals surface area contributed by atoms with Crippen LogP contribution in [0.3, 0.4) is 0 Å². The number of hydrogen-bond donors (Lipinski definition) is 2. The lowest BCUT2D eigenvalue weighted by Crippen LogP contribution is -2.26. The van der Waals surface area contributed by atoms with Crippen LogP contribution in [0, 0.1) is 0 Å². The molecule has 2 N–H and O–H groups in total. The van der Waals surface area contributed by atoms with Gasteiger partial charge in [-0.1, -0.05) is 12.1 Å². The Kier molecular flexibility index (Phi) is 6.09. The van der Waals surface area contributed by atoms with Crippen molar-refractivity contribution >= 4 is 27.3 Å². The summed E-state index contributed by atoms with van der Waals surface area (Å²) in [6, 6.07) is 6.64. The summed E-state index contributed by atoms with van der Waals surface area (Å²) in [5.41, 5.74) is -0.631. The second-order valence-electron chi connectivity index (χ2n) is 5.60. The Morgan fingerprint density at radius 1 is 1.23 bits per heavy atom. The Labute approximate surface area is 153 Å². The van der Waals surface area contributed by atoms with Crippen molar-refractivity contribution in [1.29, 1.82) is 0 Å². The van der Waals surface area contributed by atoms with E-state index < -0.39 is 27.8 Å². The largest absolute Gasteiger partial charge is 0.416 e. The van der Waals surface area contributed by atoms with Crippen LogP contribution >= 0.6 is 11.3 Å². The number of benzene rings is 1. The smallest absolute Gasteiger partial charge is 0.351 e. The number of amides is 1. The molecule has 0 spiro atoms. The summed E-state index contributed by atoms with van der Waals surface area (Å²) in [7, 11) is -3.90. The molecule has 0 aliphatic carbocycles. The molecule has 26 heavy (non-hydrogen) atoms. The van der Waals surface area contributed by atoms with E-state index in [2.05, 4.69) is 10.0 Å². The molecular formula is C16H17F3N2O3S2. The zero-order chi connectivity index (χ0) is 19.5. The molecule has 1 unspecified atom stereocenters. The molecule has 10 heteroatoms. The van der Waals surface area contributed by atoms with Gasteiger partial charge in [-0.05, 0) is 36.8 Å². The first kappa shape index (κ1) is 20.4. The van der Waals surface area contributed by atoms with E-state index in [1.807, 2.05) is 0 Å². The van der Waals surface area contributed by atoms with E-state index >= 15 is 0 Å². The Morgan fingerprint density at radius 3 is 2.54 bits per heavy atom. The van der Waals surface area contributed by atoms with Crippen molar-refractivity contribution in [2.75, 3.05) is 0 Å². The number of thiophene rings is 1. The zero-order valence-corrected chi connectivity index (χ0v) is 15.6. The molecule has 1 atom stereocenters. The number of hydrogen-bond acceptors (Lipinski definition) is 4. The van der Waals surface area contributed by atoms with E-state index in [4.69, 9.17) is 0 Å². The van der Waals surface area contributed by atoms with Gasteiger partial charge >= 0.3 is 6.18 Å². The summed E-state index contributed by atoms with van der Waals surface area (Å²) in [6.07, 6.45) is -4.50. The van der Waals surface area contributed by atoms with Crippen LogP contribution in [-0.4, -0.2) is 14.3 Å². The third-order valence-corrected chi connectivity index (χ3v) is 6.58. The maximum atomic E-state index is 12.8. The first-order valence-corrected chi connectivity index (χ1v) is 9.81. The Morgan fingerprint density at radius 2 is 1.92 bits per heavy atom. The van der Waals surface area contributed by atoms with Gasteiger partial charge in [-0.25, -0.2) is 13.1 Å². The highest BCUT2D eigenvalue weighted by molar-refractivity contribution is 7.91. The predicted molar refractivity (Wildman–Crippen MR) is 92.0 cm³/mol. The maximum Gasteiger partial charge on any atom is 0.416 e. The van der Waals surface area contributed by atoms with Gasteiger partial charge in [0.25, 0.3) is 10.0 Å². The lowest BCUT2D eigenvalue weighted by Gasteiger charge is -2.15. The highest BCUT2D eigenvalue weighted by Crippen LogP contribution is 2.31. The van der Waals surface area contributed by atoms with Crippen molar-refractivity contribution in [1.82, 2.24) is 10.0 Å². The van der Waals surface area contributed by atoms with Gasteiger partial charge in [-0.15, -0.1) is 11.3 Å². The average molecular weight is 406 g/mol. The summed E-state index contributed by atoms with van der Waals surface area (Å²) in [4.78, 5) is 11.5. The van der Waals surface area contributed by atoms with Crippen LogP contribution in [0.4, 0.5) is 13.2 Å². The highest BCUT2D eigenvalue weighted by atomic mass is 32.2. The van der Waals surface area contributed by atoms with Gasteiger partial charge in [0.2, 0.25) is 5.91 Å². The molecule has 0 fully saturated rings. The lowest BCUT2D eigenvalue weighted by molar-refractivity contribution is -0.137. The van der Waals surface area contributed by atoms with Crippen molar-refractivity contribution in [3.63, 3.8) is 0 Å². The minimum absolute atomic E-state index is 0.0247. The van der Waals surface area contributed by atoms with Gasteiger partial charge < -0.3 is 5.32 Å². The first-order valence-electron chi connectivity index (χ1n) is 7.51. The minimum atomic E-state index is -4.50. The minimum Gasteiger partial charge on any atom is -0.351 e. The Hall–Kier alpha value is -1.91. The quantitative estimate of drug-likeness (QED) is 0.772. The molecule has 2 aromatic rings. The number of carbonyl (C=O) groups excluding carboxylic acids is 1. The van der Waals surface area contributed by atoms with Crippen LogP contribution in [0.1, 0.15) is 35.9 Å².